The van der Waals surface area contributed by atoms with Crippen LogP contribution in [-0.4, -0.2) is 10.5 Å². The summed E-state index contributed by atoms with van der Waals surface area (Å²) in [7, 11) is 0. The van der Waals surface area contributed by atoms with Crippen LogP contribution in [0.15, 0.2) is 60.1 Å². The number of para-hydroxylation sites is 1. The largest absolute Gasteiger partial charge is 0.312 e. The predicted molar refractivity (Wildman–Crippen MR) is 96.1 cm³/mol. The molecule has 1 amide bonds. The number of aromatic nitrogens is 1. The number of rotatable bonds is 3. The molecule has 0 radical (unpaired) electrons. The van der Waals surface area contributed by atoms with Gasteiger partial charge in [0.15, 0.2) is 4.80 Å². The lowest BCUT2D eigenvalue weighted by atomic mass is 10.2. The number of amides is 1. The lowest BCUT2D eigenvalue weighted by Gasteiger charge is -2.03. The van der Waals surface area contributed by atoms with Crippen LogP contribution in [0.4, 0.5) is 0 Å². The minimum atomic E-state index is -0.336. The maximum absolute atomic E-state index is 12.5. The molecule has 0 aliphatic heterocycles. The number of carbonyl (C=O) groups excluding carboxylic acids is 1. The van der Waals surface area contributed by atoms with E-state index in [2.05, 4.69) is 11.6 Å². The van der Waals surface area contributed by atoms with Crippen molar-refractivity contribution in [2.24, 2.45) is 4.99 Å². The van der Waals surface area contributed by atoms with Crippen LogP contribution < -0.4 is 4.80 Å². The standard InChI is InChI=1S/C18H15ClN2OS/c1-3-11-21-16-12(2)7-6-10-15(16)23-18(21)20-17(22)13-8-4-5-9-14(13)19/h3-10H,1,11H2,2H3. The molecular formula is C18H15ClN2OS. The molecule has 0 bridgehead atoms. The lowest BCUT2D eigenvalue weighted by Crippen LogP contribution is -2.16. The number of halogens is 1. The van der Waals surface area contributed by atoms with E-state index in [-0.39, 0.29) is 5.91 Å². The predicted octanol–water partition coefficient (Wildman–Crippen LogP) is 4.59. The normalized spacial score (nSPS) is 11.8. The zero-order valence-corrected chi connectivity index (χ0v) is 14.2. The monoisotopic (exact) mass is 342 g/mol. The Bertz CT molecular complexity index is 969. The van der Waals surface area contributed by atoms with E-state index in [1.54, 1.807) is 30.3 Å². The Morgan fingerprint density at radius 1 is 1.30 bits per heavy atom. The van der Waals surface area contributed by atoms with Crippen LogP contribution in [0, 0.1) is 6.92 Å². The van der Waals surface area contributed by atoms with Crippen molar-refractivity contribution in [3.05, 3.63) is 76.1 Å². The highest BCUT2D eigenvalue weighted by molar-refractivity contribution is 7.16. The van der Waals surface area contributed by atoms with E-state index >= 15 is 0 Å². The molecule has 3 aromatic rings. The van der Waals surface area contributed by atoms with Gasteiger partial charge in [-0.2, -0.15) is 4.99 Å². The molecule has 0 N–H and O–H groups in total. The highest BCUT2D eigenvalue weighted by atomic mass is 35.5. The molecule has 0 spiro atoms. The topological polar surface area (TPSA) is 34.4 Å². The van der Waals surface area contributed by atoms with Gasteiger partial charge < -0.3 is 4.57 Å². The van der Waals surface area contributed by atoms with Crippen molar-refractivity contribution in [3.8, 4) is 0 Å². The first-order valence-electron chi connectivity index (χ1n) is 7.15. The zero-order valence-electron chi connectivity index (χ0n) is 12.6. The van der Waals surface area contributed by atoms with Crippen molar-refractivity contribution < 1.29 is 4.79 Å². The van der Waals surface area contributed by atoms with Gasteiger partial charge in [0.25, 0.3) is 5.91 Å². The van der Waals surface area contributed by atoms with Gasteiger partial charge in [-0.15, -0.1) is 6.58 Å². The minimum Gasteiger partial charge on any atom is -0.312 e. The highest BCUT2D eigenvalue weighted by Crippen LogP contribution is 2.21. The van der Waals surface area contributed by atoms with Crippen molar-refractivity contribution in [3.63, 3.8) is 0 Å². The van der Waals surface area contributed by atoms with Gasteiger partial charge in [0.2, 0.25) is 0 Å². The SMILES string of the molecule is C=CCn1c(=NC(=O)c2ccccc2Cl)sc2cccc(C)c21. The number of aryl methyl sites for hydroxylation is 1. The fraction of sp³-hybridized carbons (Fsp3) is 0.111. The lowest BCUT2D eigenvalue weighted by molar-refractivity contribution is 0.0998. The van der Waals surface area contributed by atoms with Crippen molar-refractivity contribution in [1.82, 2.24) is 4.57 Å². The third-order valence-electron chi connectivity index (χ3n) is 3.52. The van der Waals surface area contributed by atoms with E-state index in [9.17, 15) is 4.79 Å². The van der Waals surface area contributed by atoms with Crippen LogP contribution in [0.2, 0.25) is 5.02 Å². The molecule has 1 heterocycles. The molecule has 3 nitrogen and oxygen atoms in total. The van der Waals surface area contributed by atoms with Gasteiger partial charge in [-0.3, -0.25) is 4.79 Å². The first-order valence-corrected chi connectivity index (χ1v) is 8.34. The number of allylic oxidation sites excluding steroid dienone is 1. The molecule has 23 heavy (non-hydrogen) atoms. The highest BCUT2D eigenvalue weighted by Gasteiger charge is 2.11. The number of hydrogen-bond acceptors (Lipinski definition) is 2. The Balaban J connectivity index is 2.21. The summed E-state index contributed by atoms with van der Waals surface area (Å²) in [5.41, 5.74) is 2.64. The summed E-state index contributed by atoms with van der Waals surface area (Å²) >= 11 is 7.58. The average molecular weight is 343 g/mol. The Morgan fingerprint density at radius 2 is 2.09 bits per heavy atom. The van der Waals surface area contributed by atoms with Gasteiger partial charge >= 0.3 is 0 Å². The third-order valence-corrected chi connectivity index (χ3v) is 4.89. The van der Waals surface area contributed by atoms with Crippen LogP contribution in [0.1, 0.15) is 15.9 Å². The fourth-order valence-electron chi connectivity index (χ4n) is 2.47. The van der Waals surface area contributed by atoms with Gasteiger partial charge in [-0.05, 0) is 30.7 Å². The Kier molecular flexibility index (Phi) is 4.46. The van der Waals surface area contributed by atoms with Crippen LogP contribution in [0.25, 0.3) is 10.2 Å². The van der Waals surface area contributed by atoms with Gasteiger partial charge in [0.05, 0.1) is 20.8 Å². The molecule has 116 valence electrons. The number of carbonyl (C=O) groups is 1. The van der Waals surface area contributed by atoms with E-state index in [1.807, 2.05) is 29.7 Å². The molecule has 5 heteroatoms. The summed E-state index contributed by atoms with van der Waals surface area (Å²) in [5.74, 6) is -0.336. The summed E-state index contributed by atoms with van der Waals surface area (Å²) in [4.78, 5) is 17.4. The minimum absolute atomic E-state index is 0.336. The quantitative estimate of drug-likeness (QED) is 0.641. The zero-order chi connectivity index (χ0) is 16.4. The number of benzene rings is 2. The maximum Gasteiger partial charge on any atom is 0.281 e. The van der Waals surface area contributed by atoms with E-state index in [0.29, 0.717) is 21.9 Å². The van der Waals surface area contributed by atoms with E-state index in [0.717, 1.165) is 15.8 Å². The molecule has 2 aromatic carbocycles. The van der Waals surface area contributed by atoms with Crippen LogP contribution in [0.5, 0.6) is 0 Å². The van der Waals surface area contributed by atoms with E-state index < -0.39 is 0 Å². The summed E-state index contributed by atoms with van der Waals surface area (Å²) in [5, 5.41) is 0.411. The maximum atomic E-state index is 12.5. The molecule has 0 fully saturated rings. The van der Waals surface area contributed by atoms with Gasteiger partial charge in [-0.1, -0.05) is 53.3 Å². The molecule has 0 aliphatic rings. The van der Waals surface area contributed by atoms with Gasteiger partial charge in [0.1, 0.15) is 0 Å². The second-order valence-corrected chi connectivity index (χ2v) is 6.52. The second-order valence-electron chi connectivity index (χ2n) is 5.10. The molecule has 1 aromatic heterocycles. The molecule has 0 saturated heterocycles. The van der Waals surface area contributed by atoms with E-state index in [1.165, 1.54) is 11.3 Å². The third kappa shape index (κ3) is 3.00. The Morgan fingerprint density at radius 3 is 2.83 bits per heavy atom. The summed E-state index contributed by atoms with van der Waals surface area (Å²) < 4.78 is 3.11. The van der Waals surface area contributed by atoms with Crippen molar-refractivity contribution >= 4 is 39.1 Å². The van der Waals surface area contributed by atoms with E-state index in [4.69, 9.17) is 11.6 Å². The Hall–Kier alpha value is -2.17. The first kappa shape index (κ1) is 15.7. The molecule has 0 unspecified atom stereocenters. The van der Waals surface area contributed by atoms with Crippen molar-refractivity contribution in [1.29, 1.82) is 0 Å². The van der Waals surface area contributed by atoms with Crippen molar-refractivity contribution in [2.45, 2.75) is 13.5 Å². The van der Waals surface area contributed by atoms with Crippen molar-refractivity contribution in [2.75, 3.05) is 0 Å². The molecule has 0 atom stereocenters. The fourth-order valence-corrected chi connectivity index (χ4v) is 3.81. The Labute approximate surface area is 143 Å². The number of hydrogen-bond donors (Lipinski definition) is 0. The average Bonchev–Trinajstić information content (AvgIpc) is 2.87. The molecule has 0 saturated carbocycles. The number of thiazole rings is 1. The number of nitrogens with zero attached hydrogens (tertiary/aromatic N) is 2. The summed E-state index contributed by atoms with van der Waals surface area (Å²) in [6.45, 7) is 6.45. The molecule has 0 aliphatic carbocycles. The van der Waals surface area contributed by atoms with Gasteiger partial charge in [0, 0.05) is 6.54 Å². The molecular weight excluding hydrogens is 328 g/mol. The summed E-state index contributed by atoms with van der Waals surface area (Å²) in [6.07, 6.45) is 1.80. The van der Waals surface area contributed by atoms with Crippen LogP contribution >= 0.6 is 22.9 Å². The number of fused-ring (bicyclic) bond motifs is 1. The molecule has 3 rings (SSSR count). The summed E-state index contributed by atoms with van der Waals surface area (Å²) in [6, 6.07) is 13.0. The first-order chi connectivity index (χ1) is 11.1. The smallest absolute Gasteiger partial charge is 0.281 e. The second kappa shape index (κ2) is 6.52. The van der Waals surface area contributed by atoms with Crippen LogP contribution in [-0.2, 0) is 6.54 Å². The van der Waals surface area contributed by atoms with Crippen LogP contribution in [0.3, 0.4) is 0 Å². The van der Waals surface area contributed by atoms with Gasteiger partial charge in [-0.25, -0.2) is 0 Å².